The second-order valence-corrected chi connectivity index (χ2v) is 7.28. The second-order valence-electron chi connectivity index (χ2n) is 6.87. The van der Waals surface area contributed by atoms with Crippen molar-refractivity contribution >= 4 is 17.3 Å². The lowest BCUT2D eigenvalue weighted by molar-refractivity contribution is 0.493. The largest absolute Gasteiger partial charge is 0.418 e. The Labute approximate surface area is 173 Å². The second kappa shape index (κ2) is 8.05. The van der Waals surface area contributed by atoms with Gasteiger partial charge < -0.3 is 9.73 Å². The normalized spacial score (nSPS) is 12.0. The fourth-order valence-electron chi connectivity index (χ4n) is 3.19. The molecule has 0 amide bonds. The van der Waals surface area contributed by atoms with Crippen LogP contribution in [0.5, 0.6) is 0 Å². The van der Waals surface area contributed by atoms with Crippen molar-refractivity contribution in [2.24, 2.45) is 0 Å². The number of aryl methyl sites for hydroxylation is 2. The van der Waals surface area contributed by atoms with E-state index >= 15 is 0 Å². The zero-order valence-electron chi connectivity index (χ0n) is 16.0. The molecule has 0 aliphatic heterocycles. The van der Waals surface area contributed by atoms with Crippen molar-refractivity contribution < 1.29 is 8.81 Å². The van der Waals surface area contributed by atoms with E-state index in [9.17, 15) is 4.39 Å². The average molecular weight is 408 g/mol. The van der Waals surface area contributed by atoms with E-state index < -0.39 is 11.9 Å². The molecule has 3 aromatic carbocycles. The number of nitrogens with zero attached hydrogens (tertiary/aromatic N) is 2. The zero-order valence-corrected chi connectivity index (χ0v) is 16.7. The molecular formula is C23H19ClFN3O. The summed E-state index contributed by atoms with van der Waals surface area (Å²) in [4.78, 5) is 0. The van der Waals surface area contributed by atoms with Crippen molar-refractivity contribution in [3.05, 3.63) is 100 Å². The van der Waals surface area contributed by atoms with Crippen LogP contribution >= 0.6 is 11.6 Å². The summed E-state index contributed by atoms with van der Waals surface area (Å²) in [7, 11) is 0. The van der Waals surface area contributed by atoms with Crippen molar-refractivity contribution in [2.75, 3.05) is 5.32 Å². The number of hydrogen-bond donors (Lipinski definition) is 1. The first kappa shape index (κ1) is 19.2. The quantitative estimate of drug-likeness (QED) is 0.419. The smallest absolute Gasteiger partial charge is 0.247 e. The standard InChI is InChI=1S/C23H19ClFN3O/c1-14-8-11-20(15(2)12-14)26-21(18-10-9-17(25)13-19(18)24)23-28-27-22(29-23)16-6-4-3-5-7-16/h3-13,21,26H,1-2H3. The summed E-state index contributed by atoms with van der Waals surface area (Å²) >= 11 is 6.36. The molecule has 0 aliphatic rings. The summed E-state index contributed by atoms with van der Waals surface area (Å²) in [6, 6.07) is 19.4. The summed E-state index contributed by atoms with van der Waals surface area (Å²) in [5.41, 5.74) is 4.60. The van der Waals surface area contributed by atoms with E-state index in [-0.39, 0.29) is 5.02 Å². The van der Waals surface area contributed by atoms with Crippen molar-refractivity contribution in [1.29, 1.82) is 0 Å². The highest BCUT2D eigenvalue weighted by Gasteiger charge is 2.24. The van der Waals surface area contributed by atoms with Crippen LogP contribution in [0.25, 0.3) is 11.5 Å². The predicted octanol–water partition coefficient (Wildman–Crippen LogP) is 6.35. The van der Waals surface area contributed by atoms with Gasteiger partial charge in [0.15, 0.2) is 0 Å². The Hall–Kier alpha value is -3.18. The van der Waals surface area contributed by atoms with Gasteiger partial charge in [-0.2, -0.15) is 0 Å². The van der Waals surface area contributed by atoms with Gasteiger partial charge in [-0.3, -0.25) is 0 Å². The number of hydrogen-bond acceptors (Lipinski definition) is 4. The molecule has 1 aromatic heterocycles. The van der Waals surface area contributed by atoms with Crippen molar-refractivity contribution in [3.63, 3.8) is 0 Å². The van der Waals surface area contributed by atoms with E-state index in [1.54, 1.807) is 6.07 Å². The minimum atomic E-state index is -0.533. The van der Waals surface area contributed by atoms with Gasteiger partial charge in [-0.05, 0) is 49.7 Å². The molecule has 0 saturated carbocycles. The van der Waals surface area contributed by atoms with Crippen LogP contribution in [0.2, 0.25) is 5.02 Å². The number of rotatable bonds is 5. The lowest BCUT2D eigenvalue weighted by Gasteiger charge is -2.20. The van der Waals surface area contributed by atoms with Gasteiger partial charge >= 0.3 is 0 Å². The third kappa shape index (κ3) is 4.15. The van der Waals surface area contributed by atoms with Crippen LogP contribution < -0.4 is 5.32 Å². The van der Waals surface area contributed by atoms with Crippen LogP contribution in [0.1, 0.15) is 28.6 Å². The maximum atomic E-state index is 13.6. The maximum Gasteiger partial charge on any atom is 0.247 e. The number of anilines is 1. The molecule has 1 unspecified atom stereocenters. The summed E-state index contributed by atoms with van der Waals surface area (Å²) in [5, 5.41) is 12.1. The number of aromatic nitrogens is 2. The van der Waals surface area contributed by atoms with E-state index in [1.807, 2.05) is 56.3 Å². The highest BCUT2D eigenvalue weighted by Crippen LogP contribution is 2.33. The highest BCUT2D eigenvalue weighted by atomic mass is 35.5. The Bertz CT molecular complexity index is 1140. The fraction of sp³-hybridized carbons (Fsp3) is 0.130. The number of benzene rings is 3. The molecule has 4 aromatic rings. The van der Waals surface area contributed by atoms with Gasteiger partial charge in [0, 0.05) is 21.8 Å². The summed E-state index contributed by atoms with van der Waals surface area (Å²) < 4.78 is 19.6. The lowest BCUT2D eigenvalue weighted by atomic mass is 10.0. The van der Waals surface area contributed by atoms with Gasteiger partial charge in [-0.15, -0.1) is 10.2 Å². The van der Waals surface area contributed by atoms with E-state index in [0.717, 1.165) is 22.4 Å². The fourth-order valence-corrected chi connectivity index (χ4v) is 3.46. The summed E-state index contributed by atoms with van der Waals surface area (Å²) in [5.74, 6) is 0.350. The summed E-state index contributed by atoms with van der Waals surface area (Å²) in [6.45, 7) is 4.05. The molecule has 1 N–H and O–H groups in total. The topological polar surface area (TPSA) is 51.0 Å². The predicted molar refractivity (Wildman–Crippen MR) is 113 cm³/mol. The Morgan fingerprint density at radius 2 is 1.76 bits per heavy atom. The molecule has 1 heterocycles. The van der Waals surface area contributed by atoms with Gasteiger partial charge in [0.25, 0.3) is 0 Å². The van der Waals surface area contributed by atoms with E-state index in [4.69, 9.17) is 16.0 Å². The molecule has 0 fully saturated rings. The van der Waals surface area contributed by atoms with Crippen LogP contribution in [0.15, 0.2) is 71.1 Å². The SMILES string of the molecule is Cc1ccc(NC(c2nnc(-c3ccccc3)o2)c2ccc(F)cc2Cl)c(C)c1. The minimum absolute atomic E-state index is 0.284. The molecule has 0 saturated heterocycles. The molecule has 0 radical (unpaired) electrons. The van der Waals surface area contributed by atoms with Crippen molar-refractivity contribution in [2.45, 2.75) is 19.9 Å². The van der Waals surface area contributed by atoms with Gasteiger partial charge in [-0.25, -0.2) is 4.39 Å². The monoisotopic (exact) mass is 407 g/mol. The van der Waals surface area contributed by atoms with Gasteiger partial charge in [0.05, 0.1) is 0 Å². The average Bonchev–Trinajstić information content (AvgIpc) is 3.19. The molecule has 6 heteroatoms. The van der Waals surface area contributed by atoms with Crippen LogP contribution in [0.4, 0.5) is 10.1 Å². The number of nitrogens with one attached hydrogen (secondary N) is 1. The van der Waals surface area contributed by atoms with E-state index in [1.165, 1.54) is 12.1 Å². The molecule has 4 nitrogen and oxygen atoms in total. The first-order chi connectivity index (χ1) is 14.0. The first-order valence-corrected chi connectivity index (χ1v) is 9.56. The Morgan fingerprint density at radius 3 is 2.48 bits per heavy atom. The molecular weight excluding hydrogens is 389 g/mol. The lowest BCUT2D eigenvalue weighted by Crippen LogP contribution is -2.14. The van der Waals surface area contributed by atoms with Crippen LogP contribution in [-0.4, -0.2) is 10.2 Å². The third-order valence-electron chi connectivity index (χ3n) is 4.66. The van der Waals surface area contributed by atoms with Crippen molar-refractivity contribution in [1.82, 2.24) is 10.2 Å². The highest BCUT2D eigenvalue weighted by molar-refractivity contribution is 6.31. The number of halogens is 2. The van der Waals surface area contributed by atoms with Gasteiger partial charge in [0.2, 0.25) is 11.8 Å². The van der Waals surface area contributed by atoms with Crippen LogP contribution in [0, 0.1) is 19.7 Å². The van der Waals surface area contributed by atoms with Gasteiger partial charge in [-0.1, -0.05) is 53.6 Å². The van der Waals surface area contributed by atoms with Crippen LogP contribution in [-0.2, 0) is 0 Å². The third-order valence-corrected chi connectivity index (χ3v) is 4.99. The Morgan fingerprint density at radius 1 is 0.966 bits per heavy atom. The Balaban J connectivity index is 1.77. The first-order valence-electron chi connectivity index (χ1n) is 9.19. The molecule has 1 atom stereocenters. The van der Waals surface area contributed by atoms with Crippen LogP contribution in [0.3, 0.4) is 0 Å². The maximum absolute atomic E-state index is 13.6. The van der Waals surface area contributed by atoms with E-state index in [2.05, 4.69) is 21.6 Å². The van der Waals surface area contributed by atoms with Gasteiger partial charge in [0.1, 0.15) is 11.9 Å². The minimum Gasteiger partial charge on any atom is -0.418 e. The molecule has 29 heavy (non-hydrogen) atoms. The van der Waals surface area contributed by atoms with E-state index in [0.29, 0.717) is 17.3 Å². The molecule has 146 valence electrons. The zero-order chi connectivity index (χ0) is 20.4. The Kier molecular flexibility index (Phi) is 5.32. The molecule has 4 rings (SSSR count). The summed E-state index contributed by atoms with van der Waals surface area (Å²) in [6.07, 6.45) is 0. The molecule has 0 bridgehead atoms. The molecule has 0 aliphatic carbocycles. The van der Waals surface area contributed by atoms with Crippen molar-refractivity contribution in [3.8, 4) is 11.5 Å². The molecule has 0 spiro atoms.